The molecule has 3 heteroatoms. The Hall–Kier alpha value is -7.49. The molecule has 0 saturated carbocycles. The zero-order valence-electron chi connectivity index (χ0n) is 32.7. The van der Waals surface area contributed by atoms with Gasteiger partial charge in [-0.3, -0.25) is 0 Å². The fourth-order valence-electron chi connectivity index (χ4n) is 9.86. The third kappa shape index (κ3) is 5.11. The molecule has 1 aliphatic carbocycles. The van der Waals surface area contributed by atoms with Crippen LogP contribution in [0.25, 0.3) is 110 Å². The monoisotopic (exact) mass is 751 g/mol. The van der Waals surface area contributed by atoms with Gasteiger partial charge in [-0.25, -0.2) is 15.0 Å². The minimum atomic E-state index is -0.0444. The van der Waals surface area contributed by atoms with Gasteiger partial charge in [0.25, 0.3) is 0 Å². The van der Waals surface area contributed by atoms with Crippen LogP contribution >= 0.6 is 0 Å². The second-order valence-electron chi connectivity index (χ2n) is 16.3. The predicted octanol–water partition coefficient (Wildman–Crippen LogP) is 14.6. The fraction of sp³-hybridized carbons (Fsp3) is 0.0536. The molecule has 276 valence electrons. The molecule has 10 aromatic carbocycles. The first-order chi connectivity index (χ1) is 29.0. The van der Waals surface area contributed by atoms with Crippen molar-refractivity contribution in [2.75, 3.05) is 0 Å². The van der Waals surface area contributed by atoms with Crippen molar-refractivity contribution >= 4 is 53.9 Å². The molecule has 59 heavy (non-hydrogen) atoms. The van der Waals surface area contributed by atoms with E-state index in [0.717, 1.165) is 49.0 Å². The largest absolute Gasteiger partial charge is 0.208 e. The van der Waals surface area contributed by atoms with Crippen LogP contribution in [0.2, 0.25) is 0 Å². The van der Waals surface area contributed by atoms with E-state index in [1.54, 1.807) is 0 Å². The topological polar surface area (TPSA) is 38.7 Å². The first kappa shape index (κ1) is 33.6. The molecule has 0 radical (unpaired) electrons. The van der Waals surface area contributed by atoms with Crippen LogP contribution in [0.1, 0.15) is 25.0 Å². The summed E-state index contributed by atoms with van der Waals surface area (Å²) < 4.78 is 0. The lowest BCUT2D eigenvalue weighted by molar-refractivity contribution is 0.660. The Kier molecular flexibility index (Phi) is 7.27. The molecule has 0 amide bonds. The minimum Gasteiger partial charge on any atom is -0.208 e. The molecule has 0 spiro atoms. The van der Waals surface area contributed by atoms with Gasteiger partial charge in [0, 0.05) is 22.1 Å². The standard InChI is InChI=1S/C56H37N3/c1-56(2)51-28-12-11-23-46(51)48-31-36(29-30-52(48)56)39-24-13-26-43-42(39)25-14-27-47(43)53-57-54(49-32-34-15-3-5-17-37(34)40-19-7-9-21-44(40)49)59-55(58-53)50-33-35-16-4-6-18-38(35)41-20-8-10-22-45(41)50/h3-33H,1-2H3. The van der Waals surface area contributed by atoms with Gasteiger partial charge >= 0.3 is 0 Å². The summed E-state index contributed by atoms with van der Waals surface area (Å²) in [6, 6.07) is 67.9. The predicted molar refractivity (Wildman–Crippen MR) is 247 cm³/mol. The van der Waals surface area contributed by atoms with Crippen LogP contribution in [-0.4, -0.2) is 15.0 Å². The first-order valence-corrected chi connectivity index (χ1v) is 20.4. The molecule has 1 aliphatic rings. The van der Waals surface area contributed by atoms with Crippen molar-refractivity contribution < 1.29 is 0 Å². The smallest absolute Gasteiger partial charge is 0.164 e. The van der Waals surface area contributed by atoms with Crippen molar-refractivity contribution in [1.82, 2.24) is 15.0 Å². The number of nitrogens with zero attached hydrogens (tertiary/aromatic N) is 3. The van der Waals surface area contributed by atoms with E-state index in [2.05, 4.69) is 202 Å². The molecule has 0 unspecified atom stereocenters. The number of fused-ring (bicyclic) bond motifs is 10. The lowest BCUT2D eigenvalue weighted by Gasteiger charge is -2.21. The van der Waals surface area contributed by atoms with Crippen LogP contribution in [0.15, 0.2) is 188 Å². The van der Waals surface area contributed by atoms with E-state index in [1.807, 2.05) is 0 Å². The lowest BCUT2D eigenvalue weighted by Crippen LogP contribution is -2.14. The summed E-state index contributed by atoms with van der Waals surface area (Å²) in [6.45, 7) is 4.67. The van der Waals surface area contributed by atoms with Crippen molar-refractivity contribution in [2.24, 2.45) is 0 Å². The van der Waals surface area contributed by atoms with Gasteiger partial charge < -0.3 is 0 Å². The van der Waals surface area contributed by atoms with Gasteiger partial charge in [0.2, 0.25) is 0 Å². The van der Waals surface area contributed by atoms with Crippen molar-refractivity contribution in [3.05, 3.63) is 199 Å². The third-order valence-corrected chi connectivity index (χ3v) is 12.7. The van der Waals surface area contributed by atoms with Crippen LogP contribution in [0.4, 0.5) is 0 Å². The zero-order chi connectivity index (χ0) is 39.2. The highest BCUT2D eigenvalue weighted by Gasteiger charge is 2.35. The summed E-state index contributed by atoms with van der Waals surface area (Å²) >= 11 is 0. The molecule has 0 fully saturated rings. The SMILES string of the molecule is CC1(C)c2ccccc2-c2cc(-c3cccc4c(-c5nc(-c6cc7ccccc7c7ccccc67)nc(-c6cc7ccccc7c7ccccc67)n5)cccc34)ccc21. The summed E-state index contributed by atoms with van der Waals surface area (Å²) in [4.78, 5) is 16.2. The van der Waals surface area contributed by atoms with E-state index in [4.69, 9.17) is 15.0 Å². The zero-order valence-corrected chi connectivity index (χ0v) is 32.7. The highest BCUT2D eigenvalue weighted by molar-refractivity contribution is 6.15. The summed E-state index contributed by atoms with van der Waals surface area (Å²) in [6.07, 6.45) is 0. The quantitative estimate of drug-likeness (QED) is 0.168. The molecule has 1 heterocycles. The maximum Gasteiger partial charge on any atom is 0.164 e. The molecule has 0 aliphatic heterocycles. The van der Waals surface area contributed by atoms with E-state index in [9.17, 15) is 0 Å². The van der Waals surface area contributed by atoms with Gasteiger partial charge in [0.05, 0.1) is 0 Å². The Morgan fingerprint density at radius 1 is 0.288 bits per heavy atom. The second kappa shape index (κ2) is 12.8. The number of aromatic nitrogens is 3. The van der Waals surface area contributed by atoms with Crippen LogP contribution < -0.4 is 0 Å². The molecular formula is C56H37N3. The Bertz CT molecular complexity index is 3410. The molecule has 0 N–H and O–H groups in total. The number of hydrogen-bond acceptors (Lipinski definition) is 3. The maximum absolute atomic E-state index is 5.42. The van der Waals surface area contributed by atoms with Crippen LogP contribution in [-0.2, 0) is 5.41 Å². The number of hydrogen-bond donors (Lipinski definition) is 0. The van der Waals surface area contributed by atoms with Gasteiger partial charge in [0.15, 0.2) is 17.5 Å². The van der Waals surface area contributed by atoms with Gasteiger partial charge in [-0.2, -0.15) is 0 Å². The Labute approximate surface area is 342 Å². The minimum absolute atomic E-state index is 0.0444. The maximum atomic E-state index is 5.42. The van der Waals surface area contributed by atoms with Gasteiger partial charge in [-0.05, 0) is 105 Å². The average molecular weight is 752 g/mol. The Balaban J connectivity index is 1.11. The van der Waals surface area contributed by atoms with Crippen molar-refractivity contribution in [3.8, 4) is 56.4 Å². The van der Waals surface area contributed by atoms with E-state index >= 15 is 0 Å². The van der Waals surface area contributed by atoms with Gasteiger partial charge in [0.1, 0.15) is 0 Å². The summed E-state index contributed by atoms with van der Waals surface area (Å²) in [7, 11) is 0. The number of rotatable bonds is 4. The summed E-state index contributed by atoms with van der Waals surface area (Å²) in [5.41, 5.74) is 10.7. The highest BCUT2D eigenvalue weighted by Crippen LogP contribution is 2.50. The molecule has 0 atom stereocenters. The average Bonchev–Trinajstić information content (AvgIpc) is 3.53. The van der Waals surface area contributed by atoms with Crippen molar-refractivity contribution in [1.29, 1.82) is 0 Å². The van der Waals surface area contributed by atoms with Crippen LogP contribution in [0.3, 0.4) is 0 Å². The van der Waals surface area contributed by atoms with E-state index in [-0.39, 0.29) is 5.41 Å². The molecule has 0 saturated heterocycles. The Morgan fingerprint density at radius 3 is 1.31 bits per heavy atom. The number of benzene rings is 10. The fourth-order valence-corrected chi connectivity index (χ4v) is 9.86. The molecule has 3 nitrogen and oxygen atoms in total. The Morgan fingerprint density at radius 2 is 0.695 bits per heavy atom. The lowest BCUT2D eigenvalue weighted by atomic mass is 9.82. The molecule has 1 aromatic heterocycles. The van der Waals surface area contributed by atoms with E-state index in [0.29, 0.717) is 17.5 Å². The summed E-state index contributed by atoms with van der Waals surface area (Å²) in [5, 5.41) is 11.5. The molecule has 0 bridgehead atoms. The highest BCUT2D eigenvalue weighted by atomic mass is 15.0. The van der Waals surface area contributed by atoms with E-state index in [1.165, 1.54) is 54.9 Å². The van der Waals surface area contributed by atoms with Crippen LogP contribution in [0.5, 0.6) is 0 Å². The summed E-state index contributed by atoms with van der Waals surface area (Å²) in [5.74, 6) is 1.95. The normalized spacial score (nSPS) is 13.1. The third-order valence-electron chi connectivity index (χ3n) is 12.7. The first-order valence-electron chi connectivity index (χ1n) is 20.4. The molecule has 12 rings (SSSR count). The molecular weight excluding hydrogens is 715 g/mol. The van der Waals surface area contributed by atoms with Gasteiger partial charge in [-0.15, -0.1) is 0 Å². The molecule has 11 aromatic rings. The van der Waals surface area contributed by atoms with Gasteiger partial charge in [-0.1, -0.05) is 184 Å². The van der Waals surface area contributed by atoms with Crippen molar-refractivity contribution in [3.63, 3.8) is 0 Å². The van der Waals surface area contributed by atoms with Crippen molar-refractivity contribution in [2.45, 2.75) is 19.3 Å². The van der Waals surface area contributed by atoms with Crippen LogP contribution in [0, 0.1) is 0 Å². The van der Waals surface area contributed by atoms with E-state index < -0.39 is 0 Å². The second-order valence-corrected chi connectivity index (χ2v) is 16.3.